The maximum absolute atomic E-state index is 8.58. The lowest BCUT2D eigenvalue weighted by Gasteiger charge is -2.07. The molecular weight excluding hydrogens is 160 g/mol. The Bertz CT molecular complexity index is 312. The Kier molecular flexibility index (Phi) is 3.33. The van der Waals surface area contributed by atoms with Gasteiger partial charge in [0.25, 0.3) is 0 Å². The Morgan fingerprint density at radius 2 is 2.31 bits per heavy atom. The van der Waals surface area contributed by atoms with Gasteiger partial charge in [0.2, 0.25) is 0 Å². The van der Waals surface area contributed by atoms with Crippen molar-refractivity contribution in [1.29, 1.82) is 5.26 Å². The van der Waals surface area contributed by atoms with Crippen molar-refractivity contribution in [1.82, 2.24) is 0 Å². The van der Waals surface area contributed by atoms with E-state index in [0.29, 0.717) is 6.54 Å². The maximum atomic E-state index is 8.58. The van der Waals surface area contributed by atoms with E-state index in [1.165, 1.54) is 5.56 Å². The fraction of sp³-hybridized carbons (Fsp3) is 0.364. The third-order valence-electron chi connectivity index (χ3n) is 1.85. The number of nitrogens with one attached hydrogen (secondary N) is 1. The van der Waals surface area contributed by atoms with E-state index in [1.54, 1.807) is 0 Å². The molecule has 0 amide bonds. The van der Waals surface area contributed by atoms with Gasteiger partial charge in [0, 0.05) is 12.2 Å². The predicted molar refractivity (Wildman–Crippen MR) is 54.4 cm³/mol. The number of nitriles is 1. The molecule has 13 heavy (non-hydrogen) atoms. The van der Waals surface area contributed by atoms with E-state index in [4.69, 9.17) is 5.26 Å². The molecule has 0 aliphatic carbocycles. The van der Waals surface area contributed by atoms with Crippen LogP contribution in [0.2, 0.25) is 0 Å². The second kappa shape index (κ2) is 4.51. The van der Waals surface area contributed by atoms with Gasteiger partial charge in [-0.2, -0.15) is 5.26 Å². The molecule has 0 saturated heterocycles. The lowest BCUT2D eigenvalue weighted by molar-refractivity contribution is 0.786. The lowest BCUT2D eigenvalue weighted by Crippen LogP contribution is -2.09. The van der Waals surface area contributed by atoms with Crippen molar-refractivity contribution in [2.24, 2.45) is 5.92 Å². The number of aryl methyl sites for hydroxylation is 1. The molecule has 0 radical (unpaired) electrons. The van der Waals surface area contributed by atoms with Crippen molar-refractivity contribution in [2.45, 2.75) is 13.8 Å². The largest absolute Gasteiger partial charge is 0.384 e. The molecular formula is C11H14N2. The summed E-state index contributed by atoms with van der Waals surface area (Å²) in [6.45, 7) is 4.67. The van der Waals surface area contributed by atoms with Crippen LogP contribution in [0.5, 0.6) is 0 Å². The van der Waals surface area contributed by atoms with Crippen LogP contribution in [0.15, 0.2) is 24.3 Å². The minimum Gasteiger partial charge on any atom is -0.384 e. The first-order chi connectivity index (χ1) is 6.22. The van der Waals surface area contributed by atoms with Crippen LogP contribution in [-0.4, -0.2) is 6.54 Å². The molecule has 0 fully saturated rings. The molecule has 2 heteroatoms. The van der Waals surface area contributed by atoms with Gasteiger partial charge >= 0.3 is 0 Å². The number of hydrogen-bond acceptors (Lipinski definition) is 2. The van der Waals surface area contributed by atoms with Crippen molar-refractivity contribution in [3.05, 3.63) is 29.8 Å². The summed E-state index contributed by atoms with van der Waals surface area (Å²) >= 11 is 0. The first-order valence-corrected chi connectivity index (χ1v) is 4.42. The highest BCUT2D eigenvalue weighted by atomic mass is 14.9. The van der Waals surface area contributed by atoms with Crippen LogP contribution in [-0.2, 0) is 0 Å². The number of nitrogens with zero attached hydrogens (tertiary/aromatic N) is 1. The zero-order valence-corrected chi connectivity index (χ0v) is 8.04. The molecule has 0 aromatic heterocycles. The molecule has 2 nitrogen and oxygen atoms in total. The molecule has 0 unspecified atom stereocenters. The van der Waals surface area contributed by atoms with Gasteiger partial charge in [-0.3, -0.25) is 0 Å². The highest BCUT2D eigenvalue weighted by molar-refractivity contribution is 5.45. The predicted octanol–water partition coefficient (Wildman–Crippen LogP) is 2.57. The van der Waals surface area contributed by atoms with E-state index in [-0.39, 0.29) is 5.92 Å². The Balaban J connectivity index is 2.51. The van der Waals surface area contributed by atoms with E-state index in [1.807, 2.05) is 19.1 Å². The van der Waals surface area contributed by atoms with Crippen LogP contribution in [0.25, 0.3) is 0 Å². The smallest absolute Gasteiger partial charge is 0.0671 e. The van der Waals surface area contributed by atoms with Gasteiger partial charge in [-0.1, -0.05) is 12.1 Å². The topological polar surface area (TPSA) is 35.8 Å². The van der Waals surface area contributed by atoms with Gasteiger partial charge in [-0.05, 0) is 31.5 Å². The van der Waals surface area contributed by atoms with Gasteiger partial charge in [-0.25, -0.2) is 0 Å². The van der Waals surface area contributed by atoms with Crippen LogP contribution >= 0.6 is 0 Å². The molecule has 1 N–H and O–H groups in total. The summed E-state index contributed by atoms with van der Waals surface area (Å²) in [6, 6.07) is 10.3. The minimum absolute atomic E-state index is 0.0560. The van der Waals surface area contributed by atoms with E-state index in [2.05, 4.69) is 30.4 Å². The highest BCUT2D eigenvalue weighted by Crippen LogP contribution is 2.09. The number of rotatable bonds is 3. The zero-order valence-electron chi connectivity index (χ0n) is 8.04. The van der Waals surface area contributed by atoms with Crippen LogP contribution in [0, 0.1) is 24.2 Å². The van der Waals surface area contributed by atoms with E-state index in [9.17, 15) is 0 Å². The average molecular weight is 174 g/mol. The van der Waals surface area contributed by atoms with Gasteiger partial charge in [0.05, 0.1) is 12.0 Å². The summed E-state index contributed by atoms with van der Waals surface area (Å²) in [5, 5.41) is 11.8. The third kappa shape index (κ3) is 3.16. The van der Waals surface area contributed by atoms with Crippen LogP contribution in [0.4, 0.5) is 5.69 Å². The first kappa shape index (κ1) is 9.60. The standard InChI is InChI=1S/C11H14N2/c1-9-4-3-5-11(6-9)13-8-10(2)7-12/h3-6,10,13H,8H2,1-2H3/t10-/m1/s1. The second-order valence-corrected chi connectivity index (χ2v) is 3.28. The summed E-state index contributed by atoms with van der Waals surface area (Å²) in [5.41, 5.74) is 2.32. The van der Waals surface area contributed by atoms with Crippen molar-refractivity contribution in [3.8, 4) is 6.07 Å². The van der Waals surface area contributed by atoms with Crippen molar-refractivity contribution in [3.63, 3.8) is 0 Å². The van der Waals surface area contributed by atoms with Gasteiger partial charge < -0.3 is 5.32 Å². The van der Waals surface area contributed by atoms with Crippen molar-refractivity contribution in [2.75, 3.05) is 11.9 Å². The molecule has 1 aromatic rings. The van der Waals surface area contributed by atoms with Gasteiger partial charge in [0.15, 0.2) is 0 Å². The monoisotopic (exact) mass is 174 g/mol. The first-order valence-electron chi connectivity index (χ1n) is 4.42. The average Bonchev–Trinajstić information content (AvgIpc) is 2.14. The summed E-state index contributed by atoms with van der Waals surface area (Å²) < 4.78 is 0. The molecule has 0 aliphatic heterocycles. The molecule has 1 aromatic carbocycles. The Labute approximate surface area is 79.2 Å². The highest BCUT2D eigenvalue weighted by Gasteiger charge is 1.98. The van der Waals surface area contributed by atoms with E-state index < -0.39 is 0 Å². The number of hydrogen-bond donors (Lipinski definition) is 1. The fourth-order valence-electron chi connectivity index (χ4n) is 1.07. The molecule has 68 valence electrons. The quantitative estimate of drug-likeness (QED) is 0.764. The summed E-state index contributed by atoms with van der Waals surface area (Å²) in [5.74, 6) is 0.0560. The SMILES string of the molecule is Cc1cccc(NC[C@H](C)C#N)c1. The maximum Gasteiger partial charge on any atom is 0.0671 e. The molecule has 0 saturated carbocycles. The zero-order chi connectivity index (χ0) is 9.68. The number of anilines is 1. The molecule has 1 rings (SSSR count). The fourth-order valence-corrected chi connectivity index (χ4v) is 1.07. The minimum atomic E-state index is 0.0560. The third-order valence-corrected chi connectivity index (χ3v) is 1.85. The number of benzene rings is 1. The molecule has 0 heterocycles. The van der Waals surface area contributed by atoms with Crippen molar-refractivity contribution < 1.29 is 0 Å². The van der Waals surface area contributed by atoms with E-state index in [0.717, 1.165) is 5.69 Å². The summed E-state index contributed by atoms with van der Waals surface area (Å²) in [6.07, 6.45) is 0. The van der Waals surface area contributed by atoms with Crippen LogP contribution in [0.1, 0.15) is 12.5 Å². The van der Waals surface area contributed by atoms with E-state index >= 15 is 0 Å². The second-order valence-electron chi connectivity index (χ2n) is 3.28. The lowest BCUT2D eigenvalue weighted by atomic mass is 10.2. The Hall–Kier alpha value is -1.49. The van der Waals surface area contributed by atoms with Crippen LogP contribution < -0.4 is 5.32 Å². The molecule has 0 spiro atoms. The van der Waals surface area contributed by atoms with Crippen LogP contribution in [0.3, 0.4) is 0 Å². The van der Waals surface area contributed by atoms with Crippen molar-refractivity contribution >= 4 is 5.69 Å². The Morgan fingerprint density at radius 3 is 2.92 bits per heavy atom. The molecule has 0 aliphatic rings. The van der Waals surface area contributed by atoms with Gasteiger partial charge in [0.1, 0.15) is 0 Å². The van der Waals surface area contributed by atoms with Gasteiger partial charge in [-0.15, -0.1) is 0 Å². The summed E-state index contributed by atoms with van der Waals surface area (Å²) in [7, 11) is 0. The molecule has 1 atom stereocenters. The normalized spacial score (nSPS) is 11.8. The summed E-state index contributed by atoms with van der Waals surface area (Å²) in [4.78, 5) is 0. The molecule has 0 bridgehead atoms. The Morgan fingerprint density at radius 1 is 1.54 bits per heavy atom.